The van der Waals surface area contributed by atoms with Crippen molar-refractivity contribution in [2.45, 2.75) is 13.8 Å². The number of phenolic OH excluding ortho intramolecular Hbond substituents is 1. The standard InChI is InChI=1S/C20H18N2O3/c1-11-5-7-14(8-6-11)19(24)15-9-17(23)18(25-4)10-16(15)20-21-12(2)13(3)22-20/h5-10,23H,2H2,1,3-4H3. The van der Waals surface area contributed by atoms with Gasteiger partial charge in [-0.15, -0.1) is 0 Å². The zero-order chi connectivity index (χ0) is 18.1. The molecular weight excluding hydrogens is 316 g/mol. The number of aliphatic imine (C=N–C) groups is 2. The molecule has 5 nitrogen and oxygen atoms in total. The predicted octanol–water partition coefficient (Wildman–Crippen LogP) is 3.68. The maximum atomic E-state index is 13.0. The van der Waals surface area contributed by atoms with Gasteiger partial charge in [-0.25, -0.2) is 9.98 Å². The molecule has 1 N–H and O–H groups in total. The van der Waals surface area contributed by atoms with E-state index < -0.39 is 0 Å². The molecule has 0 amide bonds. The molecule has 0 aromatic heterocycles. The number of hydrogen-bond donors (Lipinski definition) is 1. The number of methoxy groups -OCH3 is 1. The molecule has 0 bridgehead atoms. The summed E-state index contributed by atoms with van der Waals surface area (Å²) in [6.45, 7) is 7.59. The molecule has 1 heterocycles. The SMILES string of the molecule is C=C1N=C(c2cc(OC)c(O)cc2C(=O)c2ccc(C)cc2)N=C1C. The first kappa shape index (κ1) is 16.6. The Hall–Kier alpha value is -3.21. The molecule has 1 aliphatic heterocycles. The molecule has 0 saturated carbocycles. The van der Waals surface area contributed by atoms with Crippen molar-refractivity contribution in [2.24, 2.45) is 9.98 Å². The van der Waals surface area contributed by atoms with Crippen LogP contribution in [0, 0.1) is 6.92 Å². The molecule has 2 aromatic carbocycles. The molecule has 3 rings (SSSR count). The van der Waals surface area contributed by atoms with E-state index in [1.807, 2.05) is 19.1 Å². The average Bonchev–Trinajstić information content (AvgIpc) is 2.93. The van der Waals surface area contributed by atoms with E-state index in [9.17, 15) is 9.90 Å². The summed E-state index contributed by atoms with van der Waals surface area (Å²) in [5, 5.41) is 10.1. The second-order valence-corrected chi connectivity index (χ2v) is 5.84. The molecular formula is C20H18N2O3. The highest BCUT2D eigenvalue weighted by atomic mass is 16.5. The molecule has 0 saturated heterocycles. The summed E-state index contributed by atoms with van der Waals surface area (Å²) < 4.78 is 5.17. The summed E-state index contributed by atoms with van der Waals surface area (Å²) in [4.78, 5) is 21.7. The van der Waals surface area contributed by atoms with Crippen LogP contribution in [0.25, 0.3) is 0 Å². The van der Waals surface area contributed by atoms with Crippen molar-refractivity contribution >= 4 is 17.3 Å². The second-order valence-electron chi connectivity index (χ2n) is 5.84. The van der Waals surface area contributed by atoms with Crippen molar-refractivity contribution in [3.63, 3.8) is 0 Å². The van der Waals surface area contributed by atoms with Crippen LogP contribution in [-0.2, 0) is 0 Å². The lowest BCUT2D eigenvalue weighted by atomic mass is 9.96. The van der Waals surface area contributed by atoms with Crippen LogP contribution in [0.15, 0.2) is 58.7 Å². The van der Waals surface area contributed by atoms with Crippen LogP contribution in [-0.4, -0.2) is 29.5 Å². The van der Waals surface area contributed by atoms with Crippen molar-refractivity contribution in [1.82, 2.24) is 0 Å². The van der Waals surface area contributed by atoms with E-state index in [2.05, 4.69) is 16.6 Å². The number of aromatic hydroxyl groups is 1. The highest BCUT2D eigenvalue weighted by Gasteiger charge is 2.23. The number of carbonyl (C=O) groups excluding carboxylic acids is 1. The van der Waals surface area contributed by atoms with Crippen molar-refractivity contribution in [1.29, 1.82) is 0 Å². The fourth-order valence-corrected chi connectivity index (χ4v) is 2.54. The summed E-state index contributed by atoms with van der Waals surface area (Å²) in [5.74, 6) is 0.306. The maximum absolute atomic E-state index is 13.0. The smallest absolute Gasteiger partial charge is 0.193 e. The zero-order valence-electron chi connectivity index (χ0n) is 14.3. The summed E-state index contributed by atoms with van der Waals surface area (Å²) in [7, 11) is 1.45. The summed E-state index contributed by atoms with van der Waals surface area (Å²) in [6, 6.07) is 10.2. The van der Waals surface area contributed by atoms with E-state index in [1.165, 1.54) is 13.2 Å². The minimum absolute atomic E-state index is 0.111. The van der Waals surface area contributed by atoms with Crippen LogP contribution in [0.3, 0.4) is 0 Å². The number of nitrogens with zero attached hydrogens (tertiary/aromatic N) is 2. The van der Waals surface area contributed by atoms with Gasteiger partial charge in [0.2, 0.25) is 0 Å². The molecule has 0 atom stereocenters. The number of allylic oxidation sites excluding steroid dienone is 1. The van der Waals surface area contributed by atoms with E-state index in [4.69, 9.17) is 4.74 Å². The largest absolute Gasteiger partial charge is 0.504 e. The van der Waals surface area contributed by atoms with Crippen LogP contribution < -0.4 is 4.74 Å². The Bertz CT molecular complexity index is 938. The van der Waals surface area contributed by atoms with Crippen molar-refractivity contribution in [3.8, 4) is 11.5 Å². The lowest BCUT2D eigenvalue weighted by Crippen LogP contribution is -2.09. The number of aryl methyl sites for hydroxylation is 1. The monoisotopic (exact) mass is 334 g/mol. The van der Waals surface area contributed by atoms with Crippen molar-refractivity contribution in [3.05, 3.63) is 70.9 Å². The van der Waals surface area contributed by atoms with E-state index >= 15 is 0 Å². The zero-order valence-corrected chi connectivity index (χ0v) is 14.3. The number of carbonyl (C=O) groups is 1. The first-order valence-electron chi connectivity index (χ1n) is 7.76. The van der Waals surface area contributed by atoms with Gasteiger partial charge in [0.1, 0.15) is 0 Å². The van der Waals surface area contributed by atoms with E-state index in [0.29, 0.717) is 33.9 Å². The van der Waals surface area contributed by atoms with Crippen molar-refractivity contribution < 1.29 is 14.6 Å². The Balaban J connectivity index is 2.17. The van der Waals surface area contributed by atoms with Gasteiger partial charge in [0.05, 0.1) is 18.5 Å². The van der Waals surface area contributed by atoms with Gasteiger partial charge in [-0.2, -0.15) is 0 Å². The summed E-state index contributed by atoms with van der Waals surface area (Å²) in [6.07, 6.45) is 0. The second kappa shape index (κ2) is 6.36. The highest BCUT2D eigenvalue weighted by molar-refractivity contribution is 6.22. The molecule has 2 aromatic rings. The molecule has 0 spiro atoms. The normalized spacial score (nSPS) is 13.5. The quantitative estimate of drug-likeness (QED) is 0.867. The first-order chi connectivity index (χ1) is 11.9. The van der Waals surface area contributed by atoms with Gasteiger partial charge in [-0.05, 0) is 26.0 Å². The predicted molar refractivity (Wildman–Crippen MR) is 98.1 cm³/mol. The lowest BCUT2D eigenvalue weighted by molar-refractivity contribution is 0.103. The van der Waals surface area contributed by atoms with E-state index in [-0.39, 0.29) is 17.3 Å². The Labute approximate surface area is 146 Å². The molecule has 0 aliphatic carbocycles. The van der Waals surface area contributed by atoms with E-state index in [1.54, 1.807) is 25.1 Å². The van der Waals surface area contributed by atoms with Gasteiger partial charge in [-0.1, -0.05) is 36.4 Å². The number of amidine groups is 1. The van der Waals surface area contributed by atoms with E-state index in [0.717, 1.165) is 5.56 Å². The number of phenols is 1. The Morgan fingerprint density at radius 2 is 1.80 bits per heavy atom. The molecule has 1 aliphatic rings. The average molecular weight is 334 g/mol. The third-order valence-corrected chi connectivity index (χ3v) is 4.05. The fraction of sp³-hybridized carbons (Fsp3) is 0.150. The number of ketones is 1. The van der Waals surface area contributed by atoms with Crippen LogP contribution in [0.2, 0.25) is 0 Å². The topological polar surface area (TPSA) is 71.2 Å². The molecule has 0 fully saturated rings. The molecule has 0 radical (unpaired) electrons. The summed E-state index contributed by atoms with van der Waals surface area (Å²) >= 11 is 0. The molecule has 126 valence electrons. The Kier molecular flexibility index (Phi) is 4.23. The lowest BCUT2D eigenvalue weighted by Gasteiger charge is -2.11. The number of hydrogen-bond acceptors (Lipinski definition) is 5. The van der Waals surface area contributed by atoms with Gasteiger partial charge in [-0.3, -0.25) is 4.79 Å². The van der Waals surface area contributed by atoms with Crippen molar-refractivity contribution in [2.75, 3.05) is 7.11 Å². The molecule has 25 heavy (non-hydrogen) atoms. The Morgan fingerprint density at radius 3 is 2.36 bits per heavy atom. The first-order valence-corrected chi connectivity index (χ1v) is 7.76. The summed E-state index contributed by atoms with van der Waals surface area (Å²) in [5.41, 5.74) is 3.64. The number of rotatable bonds is 4. The molecule has 5 heteroatoms. The van der Waals surface area contributed by atoms with Gasteiger partial charge < -0.3 is 9.84 Å². The third kappa shape index (κ3) is 3.08. The maximum Gasteiger partial charge on any atom is 0.193 e. The highest BCUT2D eigenvalue weighted by Crippen LogP contribution is 2.32. The molecule has 0 unspecified atom stereocenters. The minimum Gasteiger partial charge on any atom is -0.504 e. The third-order valence-electron chi connectivity index (χ3n) is 4.05. The van der Waals surface area contributed by atoms with Gasteiger partial charge in [0.25, 0.3) is 0 Å². The van der Waals surface area contributed by atoms with Crippen LogP contribution in [0.4, 0.5) is 0 Å². The van der Waals surface area contributed by atoms with Crippen LogP contribution in [0.5, 0.6) is 11.5 Å². The number of ether oxygens (including phenoxy) is 1. The van der Waals surface area contributed by atoms with Crippen LogP contribution in [0.1, 0.15) is 34.0 Å². The van der Waals surface area contributed by atoms with Crippen LogP contribution >= 0.6 is 0 Å². The number of benzene rings is 2. The van der Waals surface area contributed by atoms with Gasteiger partial charge in [0, 0.05) is 16.7 Å². The fourth-order valence-electron chi connectivity index (χ4n) is 2.54. The minimum atomic E-state index is -0.221. The van der Waals surface area contributed by atoms with Gasteiger partial charge in [0.15, 0.2) is 23.1 Å². The Morgan fingerprint density at radius 1 is 1.12 bits per heavy atom. The van der Waals surface area contributed by atoms with Gasteiger partial charge >= 0.3 is 0 Å².